The molecule has 1 aromatic heterocycles. The molecule has 1 saturated carbocycles. The quantitative estimate of drug-likeness (QED) is 0.838. The van der Waals surface area contributed by atoms with E-state index in [2.05, 4.69) is 10.3 Å². The molecule has 0 unspecified atom stereocenters. The molecule has 2 fully saturated rings. The van der Waals surface area contributed by atoms with E-state index in [4.69, 9.17) is 0 Å². The van der Waals surface area contributed by atoms with Crippen LogP contribution < -0.4 is 10.9 Å². The second-order valence-corrected chi connectivity index (χ2v) is 7.56. The first-order valence-corrected chi connectivity index (χ1v) is 9.31. The van der Waals surface area contributed by atoms with Crippen molar-refractivity contribution in [2.75, 3.05) is 13.1 Å². The average molecular weight is 371 g/mol. The highest BCUT2D eigenvalue weighted by atomic mass is 19.1. The summed E-state index contributed by atoms with van der Waals surface area (Å²) in [5.74, 6) is -0.278. The number of hydrogen-bond donors (Lipinski definition) is 2. The maximum Gasteiger partial charge on any atom is 0.259 e. The van der Waals surface area contributed by atoms with Crippen LogP contribution in [0.3, 0.4) is 0 Å². The zero-order valence-electron chi connectivity index (χ0n) is 15.2. The van der Waals surface area contributed by atoms with Gasteiger partial charge in [-0.25, -0.2) is 4.39 Å². The number of amides is 2. The van der Waals surface area contributed by atoms with Crippen LogP contribution in [0.25, 0.3) is 10.8 Å². The second-order valence-electron chi connectivity index (χ2n) is 7.56. The molecule has 1 aliphatic heterocycles. The number of nitrogens with one attached hydrogen (secondary N) is 2. The van der Waals surface area contributed by atoms with Gasteiger partial charge in [0.2, 0.25) is 11.8 Å². The third-order valence-corrected chi connectivity index (χ3v) is 5.37. The van der Waals surface area contributed by atoms with Crippen LogP contribution in [0.5, 0.6) is 0 Å². The number of aryl methyl sites for hydroxylation is 2. The van der Waals surface area contributed by atoms with Gasteiger partial charge in [0.15, 0.2) is 0 Å². The molecular formula is C20H22FN3O3. The average Bonchev–Trinajstić information content (AvgIpc) is 3.43. The van der Waals surface area contributed by atoms with Crippen molar-refractivity contribution in [1.82, 2.24) is 15.2 Å². The van der Waals surface area contributed by atoms with Crippen molar-refractivity contribution < 1.29 is 14.0 Å². The van der Waals surface area contributed by atoms with Crippen molar-refractivity contribution in [3.63, 3.8) is 0 Å². The van der Waals surface area contributed by atoms with E-state index < -0.39 is 11.4 Å². The zero-order chi connectivity index (χ0) is 19.1. The molecule has 142 valence electrons. The van der Waals surface area contributed by atoms with Gasteiger partial charge >= 0.3 is 0 Å². The maximum atomic E-state index is 13.9. The summed E-state index contributed by atoms with van der Waals surface area (Å²) < 4.78 is 13.9. The van der Waals surface area contributed by atoms with E-state index in [-0.39, 0.29) is 35.6 Å². The van der Waals surface area contributed by atoms with E-state index in [9.17, 15) is 18.8 Å². The maximum absolute atomic E-state index is 13.9. The number of hydrogen-bond acceptors (Lipinski definition) is 3. The third-order valence-electron chi connectivity index (χ3n) is 5.37. The Morgan fingerprint density at radius 2 is 2.04 bits per heavy atom. The normalized spacial score (nSPS) is 17.0. The molecule has 7 heteroatoms. The Labute approximate surface area is 155 Å². The minimum absolute atomic E-state index is 0.0103. The number of aromatic amines is 1. The molecule has 0 atom stereocenters. The molecule has 0 bridgehead atoms. The van der Waals surface area contributed by atoms with E-state index in [0.29, 0.717) is 30.6 Å². The number of carbonyl (C=O) groups is 2. The summed E-state index contributed by atoms with van der Waals surface area (Å²) in [6, 6.07) is 4.73. The summed E-state index contributed by atoms with van der Waals surface area (Å²) in [5.41, 5.74) is 0.971. The van der Waals surface area contributed by atoms with Gasteiger partial charge in [0.1, 0.15) is 5.82 Å². The molecule has 2 amide bonds. The minimum Gasteiger partial charge on any atom is -0.350 e. The molecule has 4 rings (SSSR count). The van der Waals surface area contributed by atoms with Gasteiger partial charge in [0, 0.05) is 31.1 Å². The highest BCUT2D eigenvalue weighted by Crippen LogP contribution is 2.29. The molecule has 2 aliphatic rings. The van der Waals surface area contributed by atoms with E-state index in [1.807, 2.05) is 6.92 Å². The Hall–Kier alpha value is -2.70. The topological polar surface area (TPSA) is 82.3 Å². The number of pyridine rings is 1. The van der Waals surface area contributed by atoms with Gasteiger partial charge in [-0.3, -0.25) is 14.4 Å². The molecular weight excluding hydrogens is 349 g/mol. The van der Waals surface area contributed by atoms with Crippen LogP contribution in [0.1, 0.15) is 30.5 Å². The molecule has 1 aliphatic carbocycles. The number of likely N-dealkylation sites (tertiary alicyclic amines) is 1. The molecule has 0 spiro atoms. The fourth-order valence-electron chi connectivity index (χ4n) is 3.50. The summed E-state index contributed by atoms with van der Waals surface area (Å²) in [4.78, 5) is 40.6. The lowest BCUT2D eigenvalue weighted by Gasteiger charge is -2.39. The monoisotopic (exact) mass is 371 g/mol. The van der Waals surface area contributed by atoms with Crippen LogP contribution in [-0.2, 0) is 16.0 Å². The van der Waals surface area contributed by atoms with Crippen molar-refractivity contribution >= 4 is 22.6 Å². The van der Waals surface area contributed by atoms with Crippen molar-refractivity contribution in [1.29, 1.82) is 0 Å². The first-order valence-electron chi connectivity index (χ1n) is 9.31. The number of carbonyl (C=O) groups excluding carboxylic acids is 2. The highest BCUT2D eigenvalue weighted by molar-refractivity contribution is 5.86. The van der Waals surface area contributed by atoms with Crippen molar-refractivity contribution in [3.8, 4) is 0 Å². The molecule has 2 heterocycles. The van der Waals surface area contributed by atoms with Crippen LogP contribution in [0, 0.1) is 18.7 Å². The van der Waals surface area contributed by atoms with Crippen molar-refractivity contribution in [2.24, 2.45) is 5.92 Å². The summed E-state index contributed by atoms with van der Waals surface area (Å²) in [6.07, 6.45) is 2.58. The largest absolute Gasteiger partial charge is 0.350 e. The fraction of sp³-hybridized carbons (Fsp3) is 0.450. The lowest BCUT2D eigenvalue weighted by Crippen LogP contribution is -2.61. The van der Waals surface area contributed by atoms with Crippen LogP contribution in [0.2, 0.25) is 0 Å². The Morgan fingerprint density at radius 1 is 1.30 bits per heavy atom. The fourth-order valence-corrected chi connectivity index (χ4v) is 3.50. The van der Waals surface area contributed by atoms with Crippen LogP contribution in [0.4, 0.5) is 4.39 Å². The predicted molar refractivity (Wildman–Crippen MR) is 98.8 cm³/mol. The summed E-state index contributed by atoms with van der Waals surface area (Å²) in [6.45, 7) is 2.90. The Kier molecular flexibility index (Phi) is 4.45. The van der Waals surface area contributed by atoms with Crippen LogP contribution >= 0.6 is 0 Å². The minimum atomic E-state index is -0.542. The molecule has 27 heavy (non-hydrogen) atoms. The first kappa shape index (κ1) is 17.7. The smallest absolute Gasteiger partial charge is 0.259 e. The van der Waals surface area contributed by atoms with Crippen LogP contribution in [0.15, 0.2) is 23.0 Å². The number of nitrogens with zero attached hydrogens (tertiary/aromatic N) is 1. The number of benzene rings is 1. The number of halogens is 1. The van der Waals surface area contributed by atoms with Crippen molar-refractivity contribution in [2.45, 2.75) is 38.6 Å². The highest BCUT2D eigenvalue weighted by Gasteiger charge is 2.36. The van der Waals surface area contributed by atoms with E-state index in [0.717, 1.165) is 18.4 Å². The van der Waals surface area contributed by atoms with Gasteiger partial charge in [-0.05, 0) is 49.3 Å². The molecule has 6 nitrogen and oxygen atoms in total. The van der Waals surface area contributed by atoms with Gasteiger partial charge in [0.05, 0.1) is 11.4 Å². The van der Waals surface area contributed by atoms with Gasteiger partial charge in [-0.1, -0.05) is 6.07 Å². The van der Waals surface area contributed by atoms with Gasteiger partial charge in [0.25, 0.3) is 5.56 Å². The summed E-state index contributed by atoms with van der Waals surface area (Å²) >= 11 is 0. The third kappa shape index (κ3) is 3.59. The zero-order valence-corrected chi connectivity index (χ0v) is 15.2. The Balaban J connectivity index is 1.35. The van der Waals surface area contributed by atoms with Crippen molar-refractivity contribution in [3.05, 3.63) is 45.6 Å². The molecule has 1 aromatic carbocycles. The SMILES string of the molecule is Cc1ccc(F)c2c(=O)[nH]c(CCC(=O)N3CC(NC(=O)C4CC4)C3)cc12. The summed E-state index contributed by atoms with van der Waals surface area (Å²) in [7, 11) is 0. The first-order chi connectivity index (χ1) is 12.9. The van der Waals surface area contributed by atoms with Gasteiger partial charge < -0.3 is 15.2 Å². The van der Waals surface area contributed by atoms with E-state index in [1.165, 1.54) is 6.07 Å². The van der Waals surface area contributed by atoms with Crippen LogP contribution in [-0.4, -0.2) is 40.8 Å². The molecule has 2 N–H and O–H groups in total. The lowest BCUT2D eigenvalue weighted by molar-refractivity contribution is -0.138. The molecule has 0 radical (unpaired) electrons. The Bertz CT molecular complexity index is 974. The second kappa shape index (κ2) is 6.79. The standard InChI is InChI=1S/C20H22FN3O3/c1-11-2-6-16(21)18-15(11)8-13(22-20(18)27)5-7-17(25)24-9-14(10-24)23-19(26)12-3-4-12/h2,6,8,12,14H,3-5,7,9-10H2,1H3,(H,22,27)(H,23,26). The lowest BCUT2D eigenvalue weighted by atomic mass is 10.0. The summed E-state index contributed by atoms with van der Waals surface area (Å²) in [5, 5.41) is 3.59. The Morgan fingerprint density at radius 3 is 2.74 bits per heavy atom. The van der Waals surface area contributed by atoms with E-state index >= 15 is 0 Å². The number of rotatable bonds is 5. The number of fused-ring (bicyclic) bond motifs is 1. The van der Waals surface area contributed by atoms with E-state index in [1.54, 1.807) is 17.0 Å². The molecule has 1 saturated heterocycles. The van der Waals surface area contributed by atoms with Gasteiger partial charge in [-0.2, -0.15) is 0 Å². The number of H-pyrrole nitrogens is 1. The number of aromatic nitrogens is 1. The predicted octanol–water partition coefficient (Wildman–Crippen LogP) is 1.65. The molecule has 2 aromatic rings. The van der Waals surface area contributed by atoms with Gasteiger partial charge in [-0.15, -0.1) is 0 Å².